The Morgan fingerprint density at radius 3 is 2.79 bits per heavy atom. The first-order valence-corrected chi connectivity index (χ1v) is 9.27. The number of H-pyrrole nitrogens is 1. The average molecular weight is 393 g/mol. The number of alkyl halides is 3. The van der Waals surface area contributed by atoms with Gasteiger partial charge in [0, 0.05) is 42.7 Å². The maximum Gasteiger partial charge on any atom is 0.433 e. The summed E-state index contributed by atoms with van der Waals surface area (Å²) >= 11 is 0. The van der Waals surface area contributed by atoms with Crippen molar-refractivity contribution in [1.29, 1.82) is 0 Å². The molecule has 0 saturated carbocycles. The normalized spacial score (nSPS) is 23.5. The Kier molecular flexibility index (Phi) is 4.50. The van der Waals surface area contributed by atoms with Gasteiger partial charge in [-0.15, -0.1) is 0 Å². The summed E-state index contributed by atoms with van der Waals surface area (Å²) in [6, 6.07) is 6.00. The molecule has 0 bridgehead atoms. The SMILES string of the molecule is CC1CNCC(C)(CCn2c3cc(=O)ccc3c3cc[nH]c(C(F)(F)F)c32)O1. The summed E-state index contributed by atoms with van der Waals surface area (Å²) in [5, 5.41) is 4.41. The summed E-state index contributed by atoms with van der Waals surface area (Å²) in [6.45, 7) is 5.59. The number of hydrogen-bond acceptors (Lipinski definition) is 3. The third-order valence-corrected chi connectivity index (χ3v) is 5.35. The van der Waals surface area contributed by atoms with E-state index in [1.54, 1.807) is 16.7 Å². The van der Waals surface area contributed by atoms with Crippen molar-refractivity contribution in [2.75, 3.05) is 13.1 Å². The van der Waals surface area contributed by atoms with E-state index < -0.39 is 17.5 Å². The highest BCUT2D eigenvalue weighted by Gasteiger charge is 2.36. The Morgan fingerprint density at radius 1 is 1.29 bits per heavy atom. The molecule has 2 aromatic heterocycles. The summed E-state index contributed by atoms with van der Waals surface area (Å²) in [7, 11) is 0. The lowest BCUT2D eigenvalue weighted by Crippen LogP contribution is -2.51. The average Bonchev–Trinajstić information content (AvgIpc) is 2.91. The first-order chi connectivity index (χ1) is 13.2. The van der Waals surface area contributed by atoms with Gasteiger partial charge in [0.05, 0.1) is 22.7 Å². The van der Waals surface area contributed by atoms with Crippen molar-refractivity contribution in [2.45, 2.75) is 44.7 Å². The number of nitrogens with one attached hydrogen (secondary N) is 2. The quantitative estimate of drug-likeness (QED) is 0.714. The number of rotatable bonds is 3. The van der Waals surface area contributed by atoms with Gasteiger partial charge in [-0.05, 0) is 38.5 Å². The van der Waals surface area contributed by atoms with Crippen molar-refractivity contribution in [3.05, 3.63) is 46.4 Å². The number of aromatic amines is 1. The predicted molar refractivity (Wildman–Crippen MR) is 102 cm³/mol. The van der Waals surface area contributed by atoms with Crippen LogP contribution in [0, 0.1) is 0 Å². The minimum atomic E-state index is -4.53. The van der Waals surface area contributed by atoms with Gasteiger partial charge in [-0.25, -0.2) is 0 Å². The van der Waals surface area contributed by atoms with Crippen LogP contribution in [-0.4, -0.2) is 34.3 Å². The zero-order valence-corrected chi connectivity index (χ0v) is 15.7. The van der Waals surface area contributed by atoms with Crippen LogP contribution in [0.1, 0.15) is 26.0 Å². The lowest BCUT2D eigenvalue weighted by Gasteiger charge is -2.38. The molecule has 2 unspecified atom stereocenters. The van der Waals surface area contributed by atoms with E-state index in [4.69, 9.17) is 4.74 Å². The zero-order chi connectivity index (χ0) is 20.1. The molecule has 4 rings (SSSR count). The maximum absolute atomic E-state index is 13.7. The molecule has 3 aromatic rings. The van der Waals surface area contributed by atoms with Crippen molar-refractivity contribution in [1.82, 2.24) is 14.9 Å². The lowest BCUT2D eigenvalue weighted by atomic mass is 9.99. The summed E-state index contributed by atoms with van der Waals surface area (Å²) in [5.41, 5.74) is -0.963. The number of aromatic nitrogens is 2. The molecule has 1 aromatic carbocycles. The highest BCUT2D eigenvalue weighted by atomic mass is 19.4. The van der Waals surface area contributed by atoms with Crippen LogP contribution in [0.25, 0.3) is 21.8 Å². The van der Waals surface area contributed by atoms with E-state index in [0.717, 1.165) is 6.54 Å². The fourth-order valence-electron chi connectivity index (χ4n) is 4.12. The molecule has 2 atom stereocenters. The van der Waals surface area contributed by atoms with Crippen molar-refractivity contribution in [2.24, 2.45) is 0 Å². The third-order valence-electron chi connectivity index (χ3n) is 5.35. The van der Waals surface area contributed by atoms with Crippen LogP contribution in [0.5, 0.6) is 0 Å². The fourth-order valence-corrected chi connectivity index (χ4v) is 4.12. The Hall–Kier alpha value is -2.32. The number of pyridine rings is 1. The van der Waals surface area contributed by atoms with Gasteiger partial charge in [-0.1, -0.05) is 0 Å². The van der Waals surface area contributed by atoms with E-state index >= 15 is 0 Å². The number of morpholine rings is 1. The Bertz CT molecular complexity index is 1090. The molecule has 5 nitrogen and oxygen atoms in total. The minimum absolute atomic E-state index is 0.0317. The largest absolute Gasteiger partial charge is 0.433 e. The van der Waals surface area contributed by atoms with Crippen LogP contribution in [0.4, 0.5) is 13.2 Å². The van der Waals surface area contributed by atoms with E-state index in [-0.39, 0.29) is 17.0 Å². The number of nitrogens with zero attached hydrogens (tertiary/aromatic N) is 1. The molecule has 1 saturated heterocycles. The second-order valence-corrected chi connectivity index (χ2v) is 7.70. The second-order valence-electron chi connectivity index (χ2n) is 7.70. The molecule has 1 aliphatic rings. The van der Waals surface area contributed by atoms with E-state index in [0.29, 0.717) is 35.8 Å². The molecule has 0 spiro atoms. The standard InChI is InChI=1S/C20H22F3N3O2/c1-12-10-24-11-19(2,28-12)6-8-26-16-9-13(27)3-4-14(16)15-5-7-25-18(17(15)26)20(21,22)23/h3-5,7,9,12,24-25H,6,8,10-11H2,1-2H3. The number of fused-ring (bicyclic) bond motifs is 3. The number of halogens is 3. The minimum Gasteiger partial charge on any atom is -0.370 e. The number of ether oxygens (including phenoxy) is 1. The number of benzene rings is 1. The van der Waals surface area contributed by atoms with Gasteiger partial charge in [0.15, 0.2) is 5.43 Å². The first-order valence-electron chi connectivity index (χ1n) is 9.27. The van der Waals surface area contributed by atoms with E-state index in [9.17, 15) is 18.0 Å². The summed E-state index contributed by atoms with van der Waals surface area (Å²) in [5.74, 6) is 0. The van der Waals surface area contributed by atoms with E-state index in [1.807, 2.05) is 13.8 Å². The Labute approximate surface area is 159 Å². The van der Waals surface area contributed by atoms with E-state index in [2.05, 4.69) is 10.3 Å². The Balaban J connectivity index is 1.87. The molecule has 1 fully saturated rings. The van der Waals surface area contributed by atoms with Gasteiger partial charge >= 0.3 is 6.18 Å². The van der Waals surface area contributed by atoms with Crippen LogP contribution >= 0.6 is 0 Å². The smallest absolute Gasteiger partial charge is 0.370 e. The summed E-state index contributed by atoms with van der Waals surface area (Å²) < 4.78 is 48.7. The van der Waals surface area contributed by atoms with Crippen molar-refractivity contribution in [3.63, 3.8) is 0 Å². The van der Waals surface area contributed by atoms with Gasteiger partial charge in [0.2, 0.25) is 0 Å². The van der Waals surface area contributed by atoms with Crippen molar-refractivity contribution in [3.8, 4) is 0 Å². The highest BCUT2D eigenvalue weighted by molar-refractivity contribution is 6.08. The second kappa shape index (κ2) is 6.63. The van der Waals surface area contributed by atoms with Gasteiger partial charge in [-0.2, -0.15) is 13.2 Å². The van der Waals surface area contributed by atoms with Gasteiger partial charge in [0.1, 0.15) is 5.69 Å². The van der Waals surface area contributed by atoms with Crippen LogP contribution < -0.4 is 10.7 Å². The first kappa shape index (κ1) is 19.0. The van der Waals surface area contributed by atoms with Gasteiger partial charge in [0.25, 0.3) is 0 Å². The molecule has 0 amide bonds. The summed E-state index contributed by atoms with van der Waals surface area (Å²) in [4.78, 5) is 14.3. The van der Waals surface area contributed by atoms with Gasteiger partial charge < -0.3 is 19.6 Å². The number of aryl methyl sites for hydroxylation is 1. The monoisotopic (exact) mass is 393 g/mol. The molecule has 2 N–H and O–H groups in total. The fraction of sp³-hybridized carbons (Fsp3) is 0.450. The molecule has 8 heteroatoms. The highest BCUT2D eigenvalue weighted by Crippen LogP contribution is 2.38. The van der Waals surface area contributed by atoms with E-state index in [1.165, 1.54) is 18.3 Å². The zero-order valence-electron chi connectivity index (χ0n) is 15.7. The lowest BCUT2D eigenvalue weighted by molar-refractivity contribution is -0.140. The molecular formula is C20H22F3N3O2. The van der Waals surface area contributed by atoms with Crippen molar-refractivity contribution >= 4 is 21.8 Å². The van der Waals surface area contributed by atoms with Crippen molar-refractivity contribution < 1.29 is 17.9 Å². The van der Waals surface area contributed by atoms with Crippen LogP contribution in [0.2, 0.25) is 0 Å². The molecule has 0 radical (unpaired) electrons. The maximum atomic E-state index is 13.7. The van der Waals surface area contributed by atoms with Crippen LogP contribution in [0.15, 0.2) is 35.3 Å². The van der Waals surface area contributed by atoms with Crippen LogP contribution in [0.3, 0.4) is 0 Å². The molecule has 28 heavy (non-hydrogen) atoms. The molecule has 150 valence electrons. The number of hydrogen-bond donors (Lipinski definition) is 2. The molecule has 1 aliphatic heterocycles. The Morgan fingerprint density at radius 2 is 2.07 bits per heavy atom. The van der Waals surface area contributed by atoms with Gasteiger partial charge in [-0.3, -0.25) is 4.79 Å². The topological polar surface area (TPSA) is 59.0 Å². The third kappa shape index (κ3) is 3.31. The predicted octanol–water partition coefficient (Wildman–Crippen LogP) is 3.66. The summed E-state index contributed by atoms with van der Waals surface area (Å²) in [6.07, 6.45) is -2.70. The molecule has 0 aliphatic carbocycles. The van der Waals surface area contributed by atoms with Crippen LogP contribution in [-0.2, 0) is 17.5 Å². The molecular weight excluding hydrogens is 371 g/mol. The molecule has 3 heterocycles.